The van der Waals surface area contributed by atoms with Crippen LogP contribution in [0.15, 0.2) is 41.3 Å². The van der Waals surface area contributed by atoms with Gasteiger partial charge in [0.05, 0.1) is 4.90 Å². The summed E-state index contributed by atoms with van der Waals surface area (Å²) in [6.45, 7) is 1.54. The van der Waals surface area contributed by atoms with E-state index in [-0.39, 0.29) is 16.4 Å². The van der Waals surface area contributed by atoms with Crippen molar-refractivity contribution in [1.82, 2.24) is 0 Å². The third kappa shape index (κ3) is 3.46. The Morgan fingerprint density at radius 2 is 1.60 bits per heavy atom. The predicted octanol–water partition coefficient (Wildman–Crippen LogP) is 3.99. The van der Waals surface area contributed by atoms with Crippen LogP contribution < -0.4 is 4.74 Å². The number of rotatable bonds is 3. The zero-order chi connectivity index (χ0) is 14.9. The Morgan fingerprint density at radius 1 is 1.00 bits per heavy atom. The van der Waals surface area contributed by atoms with E-state index in [1.54, 1.807) is 0 Å². The van der Waals surface area contributed by atoms with Gasteiger partial charge in [-0.15, -0.1) is 0 Å². The molecule has 0 heterocycles. The average molecular weight is 319 g/mol. The summed E-state index contributed by atoms with van der Waals surface area (Å²) in [4.78, 5) is -0.0445. The molecule has 0 saturated carbocycles. The summed E-state index contributed by atoms with van der Waals surface area (Å²) in [5.74, 6) is -1.31. The molecule has 0 saturated heterocycles. The van der Waals surface area contributed by atoms with Gasteiger partial charge >= 0.3 is 0 Å². The Hall–Kier alpha value is -1.66. The van der Waals surface area contributed by atoms with E-state index in [4.69, 9.17) is 15.4 Å². The Labute approximate surface area is 119 Å². The van der Waals surface area contributed by atoms with Crippen molar-refractivity contribution in [3.8, 4) is 11.5 Å². The lowest BCUT2D eigenvalue weighted by molar-refractivity contribution is 0.467. The molecule has 20 heavy (non-hydrogen) atoms. The molecule has 0 amide bonds. The van der Waals surface area contributed by atoms with Gasteiger partial charge in [-0.05, 0) is 30.7 Å². The first kappa shape index (κ1) is 14.7. The maximum absolute atomic E-state index is 13.0. The highest BCUT2D eigenvalue weighted by atomic mass is 35.7. The number of aryl methyl sites for hydroxylation is 1. The number of benzene rings is 2. The molecule has 7 heteroatoms. The molecule has 0 spiro atoms. The summed E-state index contributed by atoms with van der Waals surface area (Å²) in [7, 11) is 1.41. The molecular formula is C13H9ClF2O3S. The Balaban J connectivity index is 2.33. The molecule has 2 aromatic rings. The third-order valence-corrected chi connectivity index (χ3v) is 3.96. The van der Waals surface area contributed by atoms with Crippen molar-refractivity contribution >= 4 is 19.7 Å². The summed E-state index contributed by atoms with van der Waals surface area (Å²) in [5.41, 5.74) is 0.370. The molecule has 0 N–H and O–H groups in total. The van der Waals surface area contributed by atoms with E-state index in [1.807, 2.05) is 0 Å². The van der Waals surface area contributed by atoms with E-state index in [9.17, 15) is 17.2 Å². The smallest absolute Gasteiger partial charge is 0.261 e. The van der Waals surface area contributed by atoms with Crippen molar-refractivity contribution in [3.63, 3.8) is 0 Å². The fourth-order valence-electron chi connectivity index (χ4n) is 1.68. The molecule has 0 radical (unpaired) electrons. The first-order valence-corrected chi connectivity index (χ1v) is 7.76. The second-order valence-corrected chi connectivity index (χ2v) is 6.61. The van der Waals surface area contributed by atoms with Gasteiger partial charge in [0.15, 0.2) is 0 Å². The summed E-state index contributed by atoms with van der Waals surface area (Å²) in [6, 6.07) is 6.79. The molecule has 2 rings (SSSR count). The van der Waals surface area contributed by atoms with Crippen LogP contribution in [0.5, 0.6) is 11.5 Å². The summed E-state index contributed by atoms with van der Waals surface area (Å²) < 4.78 is 53.8. The van der Waals surface area contributed by atoms with Gasteiger partial charge in [-0.2, -0.15) is 0 Å². The average Bonchev–Trinajstić information content (AvgIpc) is 2.25. The van der Waals surface area contributed by atoms with E-state index >= 15 is 0 Å². The molecule has 2 aromatic carbocycles. The van der Waals surface area contributed by atoms with Gasteiger partial charge in [-0.3, -0.25) is 0 Å². The van der Waals surface area contributed by atoms with E-state index in [0.29, 0.717) is 5.56 Å². The molecule has 0 unspecified atom stereocenters. The zero-order valence-corrected chi connectivity index (χ0v) is 11.8. The van der Waals surface area contributed by atoms with Gasteiger partial charge < -0.3 is 4.74 Å². The van der Waals surface area contributed by atoms with Crippen molar-refractivity contribution < 1.29 is 21.9 Å². The second-order valence-electron chi connectivity index (χ2n) is 4.07. The lowest BCUT2D eigenvalue weighted by Gasteiger charge is -2.08. The molecule has 3 nitrogen and oxygen atoms in total. The van der Waals surface area contributed by atoms with Crippen LogP contribution in [0.4, 0.5) is 8.78 Å². The van der Waals surface area contributed by atoms with Gasteiger partial charge in [-0.1, -0.05) is 0 Å². The fourth-order valence-corrected chi connectivity index (χ4v) is 2.88. The van der Waals surface area contributed by atoms with Crippen LogP contribution in [0.25, 0.3) is 0 Å². The number of hydrogen-bond donors (Lipinski definition) is 0. The van der Waals surface area contributed by atoms with Crippen LogP contribution in [-0.4, -0.2) is 8.42 Å². The van der Waals surface area contributed by atoms with Crippen LogP contribution in [0.2, 0.25) is 0 Å². The number of ether oxygens (including phenoxy) is 1. The minimum Gasteiger partial charge on any atom is -0.457 e. The maximum Gasteiger partial charge on any atom is 0.261 e. The zero-order valence-electron chi connectivity index (χ0n) is 10.2. The third-order valence-electron chi connectivity index (χ3n) is 2.48. The molecule has 0 fully saturated rings. The first-order chi connectivity index (χ1) is 9.25. The van der Waals surface area contributed by atoms with Crippen molar-refractivity contribution in [2.75, 3.05) is 0 Å². The first-order valence-electron chi connectivity index (χ1n) is 5.45. The van der Waals surface area contributed by atoms with Crippen molar-refractivity contribution in [2.24, 2.45) is 0 Å². The van der Waals surface area contributed by atoms with E-state index in [0.717, 1.165) is 18.2 Å². The second kappa shape index (κ2) is 5.38. The number of halogens is 3. The van der Waals surface area contributed by atoms with Crippen molar-refractivity contribution in [1.29, 1.82) is 0 Å². The van der Waals surface area contributed by atoms with Crippen LogP contribution in [0.3, 0.4) is 0 Å². The Morgan fingerprint density at radius 3 is 2.10 bits per heavy atom. The van der Waals surface area contributed by atoms with Gasteiger partial charge in [-0.25, -0.2) is 17.2 Å². The van der Waals surface area contributed by atoms with Gasteiger partial charge in [0, 0.05) is 28.9 Å². The molecule has 0 aliphatic carbocycles. The largest absolute Gasteiger partial charge is 0.457 e. The summed E-state index contributed by atoms with van der Waals surface area (Å²) >= 11 is 0. The summed E-state index contributed by atoms with van der Waals surface area (Å²) in [6.07, 6.45) is 0. The molecule has 0 bridgehead atoms. The minimum absolute atomic E-state index is 0.0246. The van der Waals surface area contributed by atoms with Gasteiger partial charge in [0.25, 0.3) is 9.05 Å². The molecule has 0 aliphatic heterocycles. The molecule has 0 atom stereocenters. The van der Waals surface area contributed by atoms with Crippen molar-refractivity contribution in [3.05, 3.63) is 53.6 Å². The van der Waals surface area contributed by atoms with Gasteiger partial charge in [0.1, 0.15) is 23.1 Å². The SMILES string of the molecule is Cc1cc(Oc2cc(F)cc(F)c2)ccc1S(=O)(=O)Cl. The lowest BCUT2D eigenvalue weighted by Crippen LogP contribution is -1.95. The molecule has 0 aliphatic rings. The predicted molar refractivity (Wildman–Crippen MR) is 70.6 cm³/mol. The highest BCUT2D eigenvalue weighted by Crippen LogP contribution is 2.28. The monoisotopic (exact) mass is 318 g/mol. The molecule has 0 aromatic heterocycles. The van der Waals surface area contributed by atoms with Crippen molar-refractivity contribution in [2.45, 2.75) is 11.8 Å². The standard InChI is InChI=1S/C13H9ClF2O3S/c1-8-4-11(2-3-13(8)20(14,17)18)19-12-6-9(15)5-10(16)7-12/h2-7H,1H3. The maximum atomic E-state index is 13.0. The summed E-state index contributed by atoms with van der Waals surface area (Å²) in [5, 5.41) is 0. The molecular weight excluding hydrogens is 310 g/mol. The Bertz CT molecular complexity index is 740. The van der Waals surface area contributed by atoms with Gasteiger partial charge in [0.2, 0.25) is 0 Å². The highest BCUT2D eigenvalue weighted by molar-refractivity contribution is 8.13. The molecule has 106 valence electrons. The van der Waals surface area contributed by atoms with Crippen LogP contribution in [0.1, 0.15) is 5.56 Å². The Kier molecular flexibility index (Phi) is 3.96. The van der Waals surface area contributed by atoms with E-state index < -0.39 is 20.7 Å². The highest BCUT2D eigenvalue weighted by Gasteiger charge is 2.14. The van der Waals surface area contributed by atoms with E-state index in [1.165, 1.54) is 25.1 Å². The van der Waals surface area contributed by atoms with Crippen LogP contribution in [0, 0.1) is 18.6 Å². The minimum atomic E-state index is -3.84. The van der Waals surface area contributed by atoms with Crippen LogP contribution in [-0.2, 0) is 9.05 Å². The quantitative estimate of drug-likeness (QED) is 0.804. The number of hydrogen-bond acceptors (Lipinski definition) is 3. The normalized spacial score (nSPS) is 11.4. The lowest BCUT2D eigenvalue weighted by atomic mass is 10.2. The van der Waals surface area contributed by atoms with Crippen LogP contribution >= 0.6 is 10.7 Å². The topological polar surface area (TPSA) is 43.4 Å². The van der Waals surface area contributed by atoms with E-state index in [2.05, 4.69) is 0 Å². The fraction of sp³-hybridized carbons (Fsp3) is 0.0769.